The van der Waals surface area contributed by atoms with Crippen LogP contribution in [0.4, 0.5) is 17.6 Å². The minimum absolute atomic E-state index is 0.206. The molecule has 1 aliphatic rings. The zero-order chi connectivity index (χ0) is 15.0. The van der Waals surface area contributed by atoms with Gasteiger partial charge in [0.25, 0.3) is 0 Å². The highest BCUT2D eigenvalue weighted by Gasteiger charge is 2.37. The molecule has 0 radical (unpaired) electrons. The lowest BCUT2D eigenvalue weighted by atomic mass is 9.91. The third-order valence-corrected chi connectivity index (χ3v) is 3.09. The molecule has 0 amide bonds. The van der Waals surface area contributed by atoms with Gasteiger partial charge in [0.2, 0.25) is 0 Å². The van der Waals surface area contributed by atoms with E-state index < -0.39 is 40.5 Å². The molecule has 1 unspecified atom stereocenters. The largest absolute Gasteiger partial charge is 0.308 e. The Hall–Kier alpha value is -2.23. The minimum Gasteiger partial charge on any atom is -0.308 e. The quantitative estimate of drug-likeness (QED) is 0.304. The molecule has 0 saturated heterocycles. The fourth-order valence-electron chi connectivity index (χ4n) is 1.81. The maximum atomic E-state index is 13.5. The van der Waals surface area contributed by atoms with Gasteiger partial charge < -0.3 is 5.41 Å². The molecule has 1 atom stereocenters. The van der Waals surface area contributed by atoms with Crippen LogP contribution in [0, 0.1) is 51.8 Å². The van der Waals surface area contributed by atoms with Gasteiger partial charge in [-0.25, -0.2) is 17.6 Å². The van der Waals surface area contributed by atoms with E-state index in [1.807, 2.05) is 0 Å². The van der Waals surface area contributed by atoms with Crippen LogP contribution in [0.1, 0.15) is 23.2 Å². The fourth-order valence-corrected chi connectivity index (χ4v) is 1.81. The molecule has 20 heavy (non-hydrogen) atoms. The van der Waals surface area contributed by atoms with Crippen molar-refractivity contribution < 1.29 is 22.4 Å². The van der Waals surface area contributed by atoms with Gasteiger partial charge in [0.15, 0.2) is 29.1 Å². The highest BCUT2D eigenvalue weighted by molar-refractivity contribution is 6.14. The fraction of sp³-hybridized carbons (Fsp3) is 0.308. The number of nitrogens with zero attached hydrogens (tertiary/aromatic N) is 1. The lowest BCUT2D eigenvalue weighted by Crippen LogP contribution is -2.25. The van der Waals surface area contributed by atoms with Crippen molar-refractivity contribution in [1.29, 1.82) is 10.7 Å². The van der Waals surface area contributed by atoms with Gasteiger partial charge >= 0.3 is 0 Å². The van der Waals surface area contributed by atoms with Crippen LogP contribution in [0.2, 0.25) is 0 Å². The third kappa shape index (κ3) is 2.29. The predicted octanol–water partition coefficient (Wildman–Crippen LogP) is 3.00. The Morgan fingerprint density at radius 3 is 2.35 bits per heavy atom. The molecule has 1 aliphatic carbocycles. The van der Waals surface area contributed by atoms with Crippen LogP contribution in [-0.4, -0.2) is 11.5 Å². The Morgan fingerprint density at radius 2 is 1.85 bits per heavy atom. The maximum absolute atomic E-state index is 13.5. The summed E-state index contributed by atoms with van der Waals surface area (Å²) in [6.45, 7) is 0. The van der Waals surface area contributed by atoms with Crippen molar-refractivity contribution in [2.75, 3.05) is 0 Å². The second kappa shape index (κ2) is 5.04. The van der Waals surface area contributed by atoms with Gasteiger partial charge in [0, 0.05) is 5.71 Å². The van der Waals surface area contributed by atoms with Gasteiger partial charge in [0.1, 0.15) is 5.92 Å². The molecular formula is C13H8F4N2O. The van der Waals surface area contributed by atoms with Gasteiger partial charge in [-0.3, -0.25) is 4.79 Å². The zero-order valence-electron chi connectivity index (χ0n) is 10.0. The Morgan fingerprint density at radius 1 is 1.25 bits per heavy atom. The normalized spacial score (nSPS) is 15.6. The van der Waals surface area contributed by atoms with Crippen molar-refractivity contribution in [2.45, 2.75) is 12.8 Å². The molecule has 2 rings (SSSR count). The summed E-state index contributed by atoms with van der Waals surface area (Å²) in [4.78, 5) is 11.9. The Labute approximate surface area is 111 Å². The van der Waals surface area contributed by atoms with Crippen LogP contribution in [0.25, 0.3) is 0 Å². The highest BCUT2D eigenvalue weighted by Crippen LogP contribution is 2.34. The van der Waals surface area contributed by atoms with E-state index in [1.54, 1.807) is 0 Å². The summed E-state index contributed by atoms with van der Waals surface area (Å²) in [7, 11) is 0. The molecule has 1 aromatic rings. The number of Topliss-reactive ketones (excluding diaryl/α,β-unsaturated/α-hetero) is 1. The Balaban J connectivity index is 2.42. The van der Waals surface area contributed by atoms with E-state index in [-0.39, 0.29) is 17.7 Å². The number of benzene rings is 1. The first-order valence-corrected chi connectivity index (χ1v) is 5.73. The number of nitriles is 1. The van der Waals surface area contributed by atoms with Crippen LogP contribution in [0.5, 0.6) is 0 Å². The van der Waals surface area contributed by atoms with Crippen molar-refractivity contribution in [3.8, 4) is 6.07 Å². The van der Waals surface area contributed by atoms with Crippen LogP contribution in [0.3, 0.4) is 0 Å². The number of ketones is 1. The Bertz CT molecular complexity index is 647. The summed E-state index contributed by atoms with van der Waals surface area (Å²) >= 11 is 0. The first-order chi connectivity index (χ1) is 9.38. The highest BCUT2D eigenvalue weighted by atomic mass is 19.2. The van der Waals surface area contributed by atoms with Gasteiger partial charge in [-0.05, 0) is 24.8 Å². The van der Waals surface area contributed by atoms with Gasteiger partial charge in [-0.1, -0.05) is 0 Å². The van der Waals surface area contributed by atoms with Gasteiger partial charge in [-0.15, -0.1) is 0 Å². The first kappa shape index (κ1) is 14.2. The van der Waals surface area contributed by atoms with Crippen molar-refractivity contribution in [3.05, 3.63) is 34.9 Å². The molecule has 7 heteroatoms. The average Bonchev–Trinajstić information content (AvgIpc) is 3.25. The molecule has 1 fully saturated rings. The number of rotatable bonds is 4. The maximum Gasteiger partial charge on any atom is 0.198 e. The molecule has 0 aromatic heterocycles. The lowest BCUT2D eigenvalue weighted by Gasteiger charge is -2.10. The van der Waals surface area contributed by atoms with Crippen molar-refractivity contribution in [2.24, 2.45) is 11.8 Å². The van der Waals surface area contributed by atoms with Crippen molar-refractivity contribution in [1.82, 2.24) is 0 Å². The van der Waals surface area contributed by atoms with Crippen LogP contribution in [-0.2, 0) is 0 Å². The van der Waals surface area contributed by atoms with Crippen LogP contribution < -0.4 is 0 Å². The van der Waals surface area contributed by atoms with Gasteiger partial charge in [0.05, 0.1) is 11.6 Å². The monoisotopic (exact) mass is 284 g/mol. The van der Waals surface area contributed by atoms with E-state index in [0.29, 0.717) is 12.8 Å². The summed E-state index contributed by atoms with van der Waals surface area (Å²) in [5.74, 6) is -10.8. The van der Waals surface area contributed by atoms with E-state index in [0.717, 1.165) is 0 Å². The van der Waals surface area contributed by atoms with Gasteiger partial charge in [-0.2, -0.15) is 5.26 Å². The molecule has 0 spiro atoms. The number of halogens is 4. The minimum atomic E-state index is -2.11. The molecular weight excluding hydrogens is 276 g/mol. The molecule has 104 valence electrons. The second-order valence-corrected chi connectivity index (χ2v) is 4.50. The molecule has 1 aromatic carbocycles. The molecule has 0 aliphatic heterocycles. The molecule has 0 bridgehead atoms. The lowest BCUT2D eigenvalue weighted by molar-refractivity contribution is 0.0968. The topological polar surface area (TPSA) is 64.7 Å². The third-order valence-electron chi connectivity index (χ3n) is 3.09. The molecule has 3 nitrogen and oxygen atoms in total. The van der Waals surface area contributed by atoms with E-state index in [2.05, 4.69) is 0 Å². The number of nitrogens with one attached hydrogen (secondary N) is 1. The smallest absolute Gasteiger partial charge is 0.198 e. The standard InChI is InChI=1S/C13H8F4N2O/c14-8-3-6(9(15)11(17)10(8)16)13(20)7(4-18)12(19)5-1-2-5/h3,5,7,19H,1-2H2. The summed E-state index contributed by atoms with van der Waals surface area (Å²) in [5, 5.41) is 16.5. The average molecular weight is 284 g/mol. The number of carbonyl (C=O) groups is 1. The summed E-state index contributed by atoms with van der Waals surface area (Å²) < 4.78 is 52.4. The van der Waals surface area contributed by atoms with E-state index >= 15 is 0 Å². The van der Waals surface area contributed by atoms with E-state index in [9.17, 15) is 22.4 Å². The van der Waals surface area contributed by atoms with E-state index in [4.69, 9.17) is 10.7 Å². The van der Waals surface area contributed by atoms with Crippen LogP contribution >= 0.6 is 0 Å². The molecule has 0 heterocycles. The summed E-state index contributed by atoms with van der Waals surface area (Å²) in [5.41, 5.74) is -1.26. The second-order valence-electron chi connectivity index (χ2n) is 4.50. The summed E-state index contributed by atoms with van der Waals surface area (Å²) in [6, 6.07) is 1.73. The Kier molecular flexibility index (Phi) is 3.57. The number of carbonyl (C=O) groups excluding carboxylic acids is 1. The zero-order valence-corrected chi connectivity index (χ0v) is 10.0. The van der Waals surface area contributed by atoms with Crippen molar-refractivity contribution >= 4 is 11.5 Å². The molecule has 1 N–H and O–H groups in total. The SMILES string of the molecule is N#CC(C(=N)C1CC1)C(=O)c1cc(F)c(F)c(F)c1F. The summed E-state index contributed by atoms with van der Waals surface area (Å²) in [6.07, 6.45) is 1.28. The van der Waals surface area contributed by atoms with E-state index in [1.165, 1.54) is 6.07 Å². The first-order valence-electron chi connectivity index (χ1n) is 5.73. The molecule has 1 saturated carbocycles. The number of hydrogen-bond acceptors (Lipinski definition) is 3. The van der Waals surface area contributed by atoms with Crippen molar-refractivity contribution in [3.63, 3.8) is 0 Å². The van der Waals surface area contributed by atoms with Crippen LogP contribution in [0.15, 0.2) is 6.07 Å². The number of hydrogen-bond donors (Lipinski definition) is 1. The predicted molar refractivity (Wildman–Crippen MR) is 60.2 cm³/mol.